The molecule has 0 aliphatic carbocycles. The maximum Gasteiger partial charge on any atom is 0.338 e. The van der Waals surface area contributed by atoms with E-state index in [1.165, 1.54) is 0 Å². The average Bonchev–Trinajstić information content (AvgIpc) is 2.28. The molecule has 18 heavy (non-hydrogen) atoms. The van der Waals surface area contributed by atoms with Gasteiger partial charge in [0.05, 0.1) is 11.3 Å². The van der Waals surface area contributed by atoms with Crippen LogP contribution in [0.2, 0.25) is 5.02 Å². The van der Waals surface area contributed by atoms with Crippen molar-refractivity contribution in [3.8, 4) is 12.3 Å². The summed E-state index contributed by atoms with van der Waals surface area (Å²) in [6.45, 7) is 0. The van der Waals surface area contributed by atoms with Crippen molar-refractivity contribution in [1.82, 2.24) is 0 Å². The van der Waals surface area contributed by atoms with E-state index in [2.05, 4.69) is 5.92 Å². The number of carbonyl (C=O) groups is 1. The lowest BCUT2D eigenvalue weighted by molar-refractivity contribution is 0.0691. The summed E-state index contributed by atoms with van der Waals surface area (Å²) in [5.41, 5.74) is -0.790. The molecule has 0 bridgehead atoms. The zero-order valence-electron chi connectivity index (χ0n) is 8.98. The lowest BCUT2D eigenvalue weighted by Gasteiger charge is -2.07. The number of benzene rings is 1. The first-order valence-corrected chi connectivity index (χ1v) is 6.71. The van der Waals surface area contributed by atoms with Crippen LogP contribution in [0, 0.1) is 18.2 Å². The Labute approximate surface area is 108 Å². The molecule has 0 saturated carbocycles. The van der Waals surface area contributed by atoms with Gasteiger partial charge < -0.3 is 5.11 Å². The van der Waals surface area contributed by atoms with Crippen molar-refractivity contribution in [3.05, 3.63) is 28.5 Å². The summed E-state index contributed by atoms with van der Waals surface area (Å²) in [4.78, 5) is 9.99. The van der Waals surface area contributed by atoms with Crippen LogP contribution in [-0.2, 0) is 9.84 Å². The first-order chi connectivity index (χ1) is 8.29. The predicted molar refractivity (Wildman–Crippen MR) is 63.9 cm³/mol. The SMILES string of the molecule is C#CCCS(=O)(=O)c1cc(Cl)cc(C(=O)O)c1F. The van der Waals surface area contributed by atoms with E-state index in [1.807, 2.05) is 0 Å². The molecule has 0 fully saturated rings. The van der Waals surface area contributed by atoms with Crippen LogP contribution in [0.15, 0.2) is 17.0 Å². The second-order valence-electron chi connectivity index (χ2n) is 3.34. The third-order valence-corrected chi connectivity index (χ3v) is 4.01. The molecule has 7 heteroatoms. The third kappa shape index (κ3) is 3.00. The quantitative estimate of drug-likeness (QED) is 0.861. The summed E-state index contributed by atoms with van der Waals surface area (Å²) in [5.74, 6) is -1.28. The van der Waals surface area contributed by atoms with Gasteiger partial charge in [0, 0.05) is 11.4 Å². The number of hydrogen-bond acceptors (Lipinski definition) is 3. The van der Waals surface area contributed by atoms with Gasteiger partial charge in [-0.2, -0.15) is 0 Å². The zero-order chi connectivity index (χ0) is 13.9. The topological polar surface area (TPSA) is 71.4 Å². The van der Waals surface area contributed by atoms with Gasteiger partial charge >= 0.3 is 5.97 Å². The molecule has 0 unspecified atom stereocenters. The van der Waals surface area contributed by atoms with Crippen molar-refractivity contribution in [2.45, 2.75) is 11.3 Å². The van der Waals surface area contributed by atoms with Gasteiger partial charge in [0.2, 0.25) is 0 Å². The maximum atomic E-state index is 13.8. The number of carboxylic acid groups (broad SMARTS) is 1. The second-order valence-corrected chi connectivity index (χ2v) is 5.86. The minimum atomic E-state index is -4.00. The lowest BCUT2D eigenvalue weighted by Crippen LogP contribution is -2.12. The van der Waals surface area contributed by atoms with Gasteiger partial charge in [-0.05, 0) is 12.1 Å². The van der Waals surface area contributed by atoms with Crippen LogP contribution in [0.5, 0.6) is 0 Å². The third-order valence-electron chi connectivity index (χ3n) is 2.08. The molecule has 1 aromatic rings. The number of rotatable bonds is 4. The highest BCUT2D eigenvalue weighted by Crippen LogP contribution is 2.25. The Balaban J connectivity index is 3.43. The van der Waals surface area contributed by atoms with Crippen LogP contribution in [0.4, 0.5) is 4.39 Å². The molecule has 0 aromatic heterocycles. The summed E-state index contributed by atoms with van der Waals surface area (Å²) in [7, 11) is -4.00. The Morgan fingerprint density at radius 2 is 2.11 bits per heavy atom. The van der Waals surface area contributed by atoms with Gasteiger partial charge in [0.25, 0.3) is 0 Å². The van der Waals surface area contributed by atoms with Gasteiger partial charge in [0.15, 0.2) is 15.7 Å². The minimum absolute atomic E-state index is 0.101. The van der Waals surface area contributed by atoms with E-state index in [0.29, 0.717) is 0 Å². The zero-order valence-corrected chi connectivity index (χ0v) is 10.6. The highest BCUT2D eigenvalue weighted by molar-refractivity contribution is 7.91. The molecule has 0 spiro atoms. The molecular formula is C11H8ClFO4S. The van der Waals surface area contributed by atoms with E-state index in [1.54, 1.807) is 0 Å². The summed E-state index contributed by atoms with van der Waals surface area (Å²) >= 11 is 5.57. The number of aromatic carboxylic acids is 1. The van der Waals surface area contributed by atoms with Gasteiger partial charge in [0.1, 0.15) is 4.90 Å². The number of carboxylic acids is 1. The van der Waals surface area contributed by atoms with Crippen LogP contribution in [0.25, 0.3) is 0 Å². The van der Waals surface area contributed by atoms with Crippen molar-refractivity contribution < 1.29 is 22.7 Å². The van der Waals surface area contributed by atoms with E-state index in [0.717, 1.165) is 12.1 Å². The smallest absolute Gasteiger partial charge is 0.338 e. The molecular weight excluding hydrogens is 283 g/mol. The summed E-state index contributed by atoms with van der Waals surface area (Å²) in [5, 5.41) is 8.56. The molecule has 0 amide bonds. The Bertz CT molecular complexity index is 631. The number of sulfone groups is 1. The summed E-state index contributed by atoms with van der Waals surface area (Å²) in [6.07, 6.45) is 4.83. The van der Waals surface area contributed by atoms with Gasteiger partial charge in [-0.1, -0.05) is 11.6 Å². The Hall–Kier alpha value is -1.58. The molecule has 0 heterocycles. The van der Waals surface area contributed by atoms with Crippen LogP contribution < -0.4 is 0 Å². The Morgan fingerprint density at radius 3 is 2.61 bits per heavy atom. The maximum absolute atomic E-state index is 13.8. The van der Waals surface area contributed by atoms with Crippen LogP contribution in [0.1, 0.15) is 16.8 Å². The fourth-order valence-corrected chi connectivity index (χ4v) is 2.83. The molecule has 0 radical (unpaired) electrons. The highest BCUT2D eigenvalue weighted by atomic mass is 35.5. The normalized spacial score (nSPS) is 10.9. The predicted octanol–water partition coefficient (Wildman–Crippen LogP) is 1.97. The summed E-state index contributed by atoms with van der Waals surface area (Å²) < 4.78 is 37.3. The molecule has 4 nitrogen and oxygen atoms in total. The largest absolute Gasteiger partial charge is 0.478 e. The van der Waals surface area contributed by atoms with Crippen molar-refractivity contribution in [2.24, 2.45) is 0 Å². The standard InChI is InChI=1S/C11H8ClFO4S/c1-2-3-4-18(16,17)9-6-7(12)5-8(10(9)13)11(14)15/h1,5-6H,3-4H2,(H,14,15). The van der Waals surface area contributed by atoms with Gasteiger partial charge in [-0.25, -0.2) is 17.6 Å². The van der Waals surface area contributed by atoms with E-state index < -0.39 is 37.8 Å². The van der Waals surface area contributed by atoms with Crippen LogP contribution in [0.3, 0.4) is 0 Å². The summed E-state index contributed by atoms with van der Waals surface area (Å²) in [6, 6.07) is 1.72. The molecule has 96 valence electrons. The minimum Gasteiger partial charge on any atom is -0.478 e. The fourth-order valence-electron chi connectivity index (χ4n) is 1.25. The van der Waals surface area contributed by atoms with Gasteiger partial charge in [-0.3, -0.25) is 0 Å². The molecule has 1 aromatic carbocycles. The lowest BCUT2D eigenvalue weighted by atomic mass is 10.2. The number of terminal acetylenes is 1. The van der Waals surface area contributed by atoms with Crippen LogP contribution in [-0.4, -0.2) is 25.2 Å². The molecule has 1 N–H and O–H groups in total. The molecule has 0 aliphatic heterocycles. The Morgan fingerprint density at radius 1 is 1.50 bits per heavy atom. The van der Waals surface area contributed by atoms with E-state index in [-0.39, 0.29) is 11.4 Å². The number of hydrogen-bond donors (Lipinski definition) is 1. The first-order valence-electron chi connectivity index (χ1n) is 4.68. The monoisotopic (exact) mass is 290 g/mol. The molecule has 0 aliphatic rings. The highest BCUT2D eigenvalue weighted by Gasteiger charge is 2.24. The fraction of sp³-hybridized carbons (Fsp3) is 0.182. The van der Waals surface area contributed by atoms with E-state index in [9.17, 15) is 17.6 Å². The average molecular weight is 291 g/mol. The van der Waals surface area contributed by atoms with E-state index >= 15 is 0 Å². The molecule has 0 atom stereocenters. The molecule has 0 saturated heterocycles. The van der Waals surface area contributed by atoms with Gasteiger partial charge in [-0.15, -0.1) is 12.3 Å². The van der Waals surface area contributed by atoms with Crippen molar-refractivity contribution in [1.29, 1.82) is 0 Å². The second kappa shape index (κ2) is 5.38. The number of halogens is 2. The van der Waals surface area contributed by atoms with Crippen molar-refractivity contribution >= 4 is 27.4 Å². The Kier molecular flexibility index (Phi) is 4.33. The molecule has 1 rings (SSSR count). The van der Waals surface area contributed by atoms with Crippen molar-refractivity contribution in [3.63, 3.8) is 0 Å². The van der Waals surface area contributed by atoms with Crippen molar-refractivity contribution in [2.75, 3.05) is 5.75 Å². The van der Waals surface area contributed by atoms with E-state index in [4.69, 9.17) is 23.1 Å². The first kappa shape index (κ1) is 14.5. The van der Waals surface area contributed by atoms with Crippen LogP contribution >= 0.6 is 11.6 Å².